The summed E-state index contributed by atoms with van der Waals surface area (Å²) in [4.78, 5) is 24.9. The number of allylic oxidation sites excluding steroid dienone is 3. The van der Waals surface area contributed by atoms with E-state index in [4.69, 9.17) is 46.7 Å². The van der Waals surface area contributed by atoms with Gasteiger partial charge in [-0.2, -0.15) is 0 Å². The molecule has 24 heteroatoms. The molecule has 5 aliphatic rings. The Balaban J connectivity index is 1.02. The van der Waals surface area contributed by atoms with Crippen LogP contribution < -0.4 is 20.7 Å². The van der Waals surface area contributed by atoms with Gasteiger partial charge in [0, 0.05) is 52.1 Å². The van der Waals surface area contributed by atoms with Crippen molar-refractivity contribution in [3.63, 3.8) is 0 Å². The number of aliphatic hydroxyl groups is 12. The first-order chi connectivity index (χ1) is 35.2. The van der Waals surface area contributed by atoms with Crippen LogP contribution in [0.25, 0.3) is 28.0 Å². The van der Waals surface area contributed by atoms with Crippen molar-refractivity contribution < 1.29 is 108 Å². The van der Waals surface area contributed by atoms with E-state index in [1.807, 2.05) is 26.0 Å². The molecular formula is C50H60O24. The smallest absolute Gasteiger partial charge is 0.336 e. The van der Waals surface area contributed by atoms with E-state index in [1.54, 1.807) is 24.3 Å². The third-order valence-electron chi connectivity index (χ3n) is 14.3. The minimum Gasteiger partial charge on any atom is -0.462 e. The third kappa shape index (κ3) is 11.1. The monoisotopic (exact) mass is 1040 g/mol. The highest BCUT2D eigenvalue weighted by Gasteiger charge is 2.49. The Kier molecular flexibility index (Phi) is 16.1. The Morgan fingerprint density at radius 2 is 1.05 bits per heavy atom. The topological polar surface area (TPSA) is 377 Å². The molecule has 0 bridgehead atoms. The van der Waals surface area contributed by atoms with Crippen molar-refractivity contribution in [1.29, 1.82) is 0 Å². The van der Waals surface area contributed by atoms with Gasteiger partial charge < -0.3 is 108 Å². The second-order valence-electron chi connectivity index (χ2n) is 19.6. The van der Waals surface area contributed by atoms with Gasteiger partial charge in [-0.3, -0.25) is 0 Å². The fourth-order valence-corrected chi connectivity index (χ4v) is 9.68. The lowest BCUT2D eigenvalue weighted by molar-refractivity contribution is -0.307. The fraction of sp³-hybridized carbons (Fsp3) is 0.560. The van der Waals surface area contributed by atoms with E-state index in [1.165, 1.54) is 30.3 Å². The van der Waals surface area contributed by atoms with E-state index in [9.17, 15) is 70.9 Å². The van der Waals surface area contributed by atoms with Crippen LogP contribution in [0.3, 0.4) is 0 Å². The summed E-state index contributed by atoms with van der Waals surface area (Å²) in [6.45, 7) is 2.08. The van der Waals surface area contributed by atoms with Crippen LogP contribution in [-0.4, -0.2) is 198 Å². The van der Waals surface area contributed by atoms with Gasteiger partial charge in [0.2, 0.25) is 12.6 Å². The Morgan fingerprint density at radius 3 is 1.58 bits per heavy atom. The zero-order valence-electron chi connectivity index (χ0n) is 39.8. The number of hydrogen-bond acceptors (Lipinski definition) is 24. The van der Waals surface area contributed by atoms with Crippen molar-refractivity contribution in [1.82, 2.24) is 0 Å². The van der Waals surface area contributed by atoms with Gasteiger partial charge in [0.15, 0.2) is 12.6 Å². The van der Waals surface area contributed by atoms with Crippen LogP contribution in [0.4, 0.5) is 0 Å². The van der Waals surface area contributed by atoms with Crippen molar-refractivity contribution in [2.24, 2.45) is 5.41 Å². The molecule has 6 heterocycles. The van der Waals surface area contributed by atoms with Gasteiger partial charge in [0.1, 0.15) is 108 Å². The minimum atomic E-state index is -1.85. The van der Waals surface area contributed by atoms with E-state index in [-0.39, 0.29) is 35.9 Å². The average Bonchev–Trinajstić information content (AvgIpc) is 3.37. The van der Waals surface area contributed by atoms with Crippen molar-refractivity contribution in [3.8, 4) is 11.5 Å². The van der Waals surface area contributed by atoms with Gasteiger partial charge in [0.05, 0.1) is 26.4 Å². The SMILES string of the molecule is CC1=C[C@@H](c2cc3ccc(=O)oc3cc2O[C@@H]2O[C@H](COC3OC[C@@H](O)[C@H](O)[C@H]3O)[C@@H](O)[C@H](O)[C@H]2O)[C@@](C)(/C=C/c2cc3ccc(=O)oc3cc2O[C@@H]2O[C@H](COC3OC[C@@H](O)[C@H](O)[C@H]3O)[C@@H](O)[C@H](O)[C@H]2O)CC1. The molecule has 0 spiro atoms. The fourth-order valence-electron chi connectivity index (χ4n) is 9.68. The van der Waals surface area contributed by atoms with Gasteiger partial charge in [-0.05, 0) is 49.4 Å². The Labute approximate surface area is 419 Å². The highest BCUT2D eigenvalue weighted by atomic mass is 16.7. The van der Waals surface area contributed by atoms with Crippen LogP contribution in [0, 0.1) is 5.41 Å². The van der Waals surface area contributed by atoms with Crippen LogP contribution in [-0.2, 0) is 28.4 Å². The van der Waals surface area contributed by atoms with E-state index < -0.39 is 146 Å². The number of hydrogen-bond donors (Lipinski definition) is 12. The second-order valence-corrected chi connectivity index (χ2v) is 19.6. The molecule has 4 aliphatic heterocycles. The van der Waals surface area contributed by atoms with Crippen LogP contribution in [0.15, 0.2) is 84.7 Å². The number of ether oxygens (including phenoxy) is 8. The van der Waals surface area contributed by atoms with Crippen LogP contribution >= 0.6 is 0 Å². The molecule has 0 saturated carbocycles. The van der Waals surface area contributed by atoms with Crippen molar-refractivity contribution in [2.45, 2.75) is 143 Å². The average molecular weight is 1050 g/mol. The molecule has 0 amide bonds. The first-order valence-corrected chi connectivity index (χ1v) is 24.0. The molecule has 2 aromatic carbocycles. The second kappa shape index (κ2) is 22.1. The molecule has 4 fully saturated rings. The zero-order chi connectivity index (χ0) is 52.9. The summed E-state index contributed by atoms with van der Waals surface area (Å²) >= 11 is 0. The van der Waals surface area contributed by atoms with Crippen molar-refractivity contribution in [2.75, 3.05) is 26.4 Å². The van der Waals surface area contributed by atoms with Crippen LogP contribution in [0.2, 0.25) is 0 Å². The molecule has 4 saturated heterocycles. The van der Waals surface area contributed by atoms with Gasteiger partial charge in [-0.25, -0.2) is 9.59 Å². The number of rotatable bonds is 13. The van der Waals surface area contributed by atoms with Crippen LogP contribution in [0.5, 0.6) is 11.5 Å². The molecular weight excluding hydrogens is 985 g/mol. The van der Waals surface area contributed by atoms with Crippen molar-refractivity contribution >= 4 is 28.0 Å². The maximum atomic E-state index is 12.5. The normalized spacial score (nSPS) is 39.1. The summed E-state index contributed by atoms with van der Waals surface area (Å²) in [5.74, 6) is -0.531. The van der Waals surface area contributed by atoms with E-state index in [2.05, 4.69) is 0 Å². The van der Waals surface area contributed by atoms with Gasteiger partial charge in [-0.15, -0.1) is 0 Å². The van der Waals surface area contributed by atoms with Gasteiger partial charge in [0.25, 0.3) is 0 Å². The molecule has 4 aromatic rings. The standard InChI is InChI=1S/C50H60O24/c1-20-7-9-50(2,10-8-23-12-21-3-5-34(53)69-28(21)14-30(23)71-48-44(63)40(59)38(57)32(73-48)18-67-46-42(61)36(55)26(51)16-65-46)25(11-20)24-13-22-4-6-35(54)70-29(22)15-31(24)72-49-45(64)41(60)39(58)33(74-49)19-68-47-43(62)37(56)27(52)17-66-47/h3-6,8,10-15,25-27,32-33,36-49,51-52,55-64H,7,9,16-19H2,1-2H3/b10-8+/t25-,26+,27+,32+,33+,36-,37-,38+,39+,40-,41-,42+,43+,44+,45+,46?,47?,48+,49+,50+/m0/s1. The van der Waals surface area contributed by atoms with Gasteiger partial charge >= 0.3 is 11.3 Å². The lowest BCUT2D eigenvalue weighted by Gasteiger charge is -2.42. The number of aliphatic hydroxyl groups excluding tert-OH is 12. The Hall–Kier alpha value is -4.78. The molecule has 9 rings (SSSR count). The lowest BCUT2D eigenvalue weighted by atomic mass is 9.66. The number of fused-ring (bicyclic) bond motifs is 2. The first-order valence-electron chi connectivity index (χ1n) is 24.0. The summed E-state index contributed by atoms with van der Waals surface area (Å²) in [6.07, 6.45) is -22.5. The largest absolute Gasteiger partial charge is 0.462 e. The molecule has 24 nitrogen and oxygen atoms in total. The summed E-state index contributed by atoms with van der Waals surface area (Å²) in [5.41, 5.74) is -0.133. The molecule has 404 valence electrons. The van der Waals surface area contributed by atoms with E-state index >= 15 is 0 Å². The highest BCUT2D eigenvalue weighted by molar-refractivity contribution is 5.83. The van der Waals surface area contributed by atoms with E-state index in [0.717, 1.165) is 5.57 Å². The summed E-state index contributed by atoms with van der Waals surface area (Å²) < 4.78 is 57.3. The maximum absolute atomic E-state index is 12.5. The summed E-state index contributed by atoms with van der Waals surface area (Å²) in [7, 11) is 0. The predicted octanol–water partition coefficient (Wildman–Crippen LogP) is -2.27. The summed E-state index contributed by atoms with van der Waals surface area (Å²) in [6, 6.07) is 11.8. The Morgan fingerprint density at radius 1 is 0.581 bits per heavy atom. The zero-order valence-corrected chi connectivity index (χ0v) is 39.8. The molecule has 2 aromatic heterocycles. The number of benzene rings is 2. The Bertz CT molecular complexity index is 2800. The van der Waals surface area contributed by atoms with Gasteiger partial charge in [-0.1, -0.05) is 30.7 Å². The third-order valence-corrected chi connectivity index (χ3v) is 14.3. The molecule has 0 radical (unpaired) electrons. The van der Waals surface area contributed by atoms with Crippen molar-refractivity contribution in [3.05, 3.63) is 98.2 Å². The molecule has 74 heavy (non-hydrogen) atoms. The minimum absolute atomic E-state index is 0.00738. The molecule has 12 N–H and O–H groups in total. The van der Waals surface area contributed by atoms with Crippen LogP contribution in [0.1, 0.15) is 43.7 Å². The molecule has 20 atom stereocenters. The highest BCUT2D eigenvalue weighted by Crippen LogP contribution is 2.51. The molecule has 2 unspecified atom stereocenters. The predicted molar refractivity (Wildman–Crippen MR) is 250 cm³/mol. The van der Waals surface area contributed by atoms with E-state index in [0.29, 0.717) is 34.7 Å². The first kappa shape index (κ1) is 54.0. The summed E-state index contributed by atoms with van der Waals surface area (Å²) in [5, 5.41) is 128. The lowest BCUT2D eigenvalue weighted by Crippen LogP contribution is -2.61. The maximum Gasteiger partial charge on any atom is 0.336 e. The molecule has 1 aliphatic carbocycles. The quantitative estimate of drug-likeness (QED) is 0.0496.